The van der Waals surface area contributed by atoms with Crippen LogP contribution in [-0.2, 0) is 13.6 Å². The van der Waals surface area contributed by atoms with Crippen molar-refractivity contribution in [1.82, 2.24) is 9.78 Å². The van der Waals surface area contributed by atoms with E-state index in [4.69, 9.17) is 0 Å². The molecule has 108 valence electrons. The quantitative estimate of drug-likeness (QED) is 0.715. The highest BCUT2D eigenvalue weighted by Crippen LogP contribution is 2.25. The maximum atomic E-state index is 13.7. The van der Waals surface area contributed by atoms with Crippen LogP contribution in [0.1, 0.15) is 5.69 Å². The van der Waals surface area contributed by atoms with Crippen molar-refractivity contribution < 1.29 is 8.78 Å². The van der Waals surface area contributed by atoms with Gasteiger partial charge in [-0.15, -0.1) is 0 Å². The van der Waals surface area contributed by atoms with E-state index in [1.165, 1.54) is 6.07 Å². The van der Waals surface area contributed by atoms with Gasteiger partial charge < -0.3 is 5.32 Å². The van der Waals surface area contributed by atoms with Crippen molar-refractivity contribution in [2.75, 3.05) is 5.32 Å². The topological polar surface area (TPSA) is 29.9 Å². The summed E-state index contributed by atoms with van der Waals surface area (Å²) in [6, 6.07) is 10.1. The first-order valence-electron chi connectivity index (χ1n) is 6.35. The van der Waals surface area contributed by atoms with E-state index in [0.717, 1.165) is 22.7 Å². The number of fused-ring (bicyclic) bond motifs is 1. The number of hydrogen-bond donors (Lipinski definition) is 1. The van der Waals surface area contributed by atoms with Crippen LogP contribution < -0.4 is 5.32 Å². The Morgan fingerprint density at radius 1 is 1.19 bits per heavy atom. The van der Waals surface area contributed by atoms with Gasteiger partial charge in [-0.1, -0.05) is 18.2 Å². The Bertz CT molecular complexity index is 814. The van der Waals surface area contributed by atoms with Crippen molar-refractivity contribution in [3.63, 3.8) is 0 Å². The largest absolute Gasteiger partial charge is 0.377 e. The fraction of sp³-hybridized carbons (Fsp3) is 0.133. The van der Waals surface area contributed by atoms with E-state index in [-0.39, 0.29) is 10.2 Å². The average Bonchev–Trinajstić information content (AvgIpc) is 2.79. The van der Waals surface area contributed by atoms with Crippen LogP contribution in [0.15, 0.2) is 40.9 Å². The smallest absolute Gasteiger partial charge is 0.149 e. The highest BCUT2D eigenvalue weighted by atomic mass is 79.9. The molecule has 3 aromatic rings. The van der Waals surface area contributed by atoms with Crippen LogP contribution in [0.2, 0.25) is 0 Å². The number of halogens is 3. The lowest BCUT2D eigenvalue weighted by molar-refractivity contribution is 0.580. The zero-order valence-electron chi connectivity index (χ0n) is 11.2. The number of hydrogen-bond acceptors (Lipinski definition) is 2. The standard InChI is InChI=1S/C15H12BrF2N3/c1-21-15-5-3-2-4-9(15)14(20-21)8-19-13-6-10(16)11(17)7-12(13)18/h2-7,19H,8H2,1H3. The summed E-state index contributed by atoms with van der Waals surface area (Å²) >= 11 is 3.05. The predicted octanol–water partition coefficient (Wildman–Crippen LogP) is 4.23. The molecule has 0 amide bonds. The Morgan fingerprint density at radius 2 is 1.95 bits per heavy atom. The third-order valence-corrected chi connectivity index (χ3v) is 3.90. The van der Waals surface area contributed by atoms with Crippen LogP contribution in [0.25, 0.3) is 10.9 Å². The van der Waals surface area contributed by atoms with E-state index in [9.17, 15) is 8.78 Å². The third-order valence-electron chi connectivity index (χ3n) is 3.29. The van der Waals surface area contributed by atoms with Gasteiger partial charge in [-0.3, -0.25) is 4.68 Å². The van der Waals surface area contributed by atoms with Gasteiger partial charge in [0.1, 0.15) is 11.6 Å². The van der Waals surface area contributed by atoms with Gasteiger partial charge in [0.2, 0.25) is 0 Å². The average molecular weight is 352 g/mol. The second-order valence-electron chi connectivity index (χ2n) is 4.69. The minimum absolute atomic E-state index is 0.220. The molecule has 21 heavy (non-hydrogen) atoms. The van der Waals surface area contributed by atoms with Gasteiger partial charge in [0.25, 0.3) is 0 Å². The van der Waals surface area contributed by atoms with E-state index in [1.54, 1.807) is 4.68 Å². The first-order valence-corrected chi connectivity index (χ1v) is 7.14. The SMILES string of the molecule is Cn1nc(CNc2cc(Br)c(F)cc2F)c2ccccc21. The summed E-state index contributed by atoms with van der Waals surface area (Å²) in [5.74, 6) is -1.25. The molecular weight excluding hydrogens is 340 g/mol. The zero-order chi connectivity index (χ0) is 15.0. The van der Waals surface area contributed by atoms with Crippen molar-refractivity contribution in [3.8, 4) is 0 Å². The zero-order valence-corrected chi connectivity index (χ0v) is 12.8. The summed E-state index contributed by atoms with van der Waals surface area (Å²) in [4.78, 5) is 0. The Labute approximate surface area is 128 Å². The third kappa shape index (κ3) is 2.63. The van der Waals surface area contributed by atoms with E-state index >= 15 is 0 Å². The minimum Gasteiger partial charge on any atom is -0.377 e. The van der Waals surface area contributed by atoms with Crippen molar-refractivity contribution in [1.29, 1.82) is 0 Å². The van der Waals surface area contributed by atoms with Crippen LogP contribution in [0.3, 0.4) is 0 Å². The first kappa shape index (κ1) is 14.0. The first-order chi connectivity index (χ1) is 10.1. The van der Waals surface area contributed by atoms with Crippen LogP contribution in [0.4, 0.5) is 14.5 Å². The molecule has 0 spiro atoms. The number of benzene rings is 2. The van der Waals surface area contributed by atoms with Gasteiger partial charge in [-0.2, -0.15) is 5.10 Å². The second kappa shape index (κ2) is 5.44. The summed E-state index contributed by atoms with van der Waals surface area (Å²) in [5, 5.41) is 8.38. The molecule has 0 fully saturated rings. The Balaban J connectivity index is 1.89. The number of aromatic nitrogens is 2. The Hall–Kier alpha value is -1.95. The van der Waals surface area contributed by atoms with Crippen LogP contribution in [0.5, 0.6) is 0 Å². The highest BCUT2D eigenvalue weighted by molar-refractivity contribution is 9.10. The molecule has 0 unspecified atom stereocenters. The number of rotatable bonds is 3. The molecule has 6 heteroatoms. The molecule has 0 aliphatic rings. The maximum Gasteiger partial charge on any atom is 0.149 e. The van der Waals surface area contributed by atoms with E-state index in [0.29, 0.717) is 6.54 Å². The fourth-order valence-electron chi connectivity index (χ4n) is 2.26. The lowest BCUT2D eigenvalue weighted by atomic mass is 10.2. The number of aryl methyl sites for hydroxylation is 1. The number of anilines is 1. The molecular formula is C15H12BrF2N3. The normalized spacial score (nSPS) is 11.0. The predicted molar refractivity (Wildman–Crippen MR) is 82.1 cm³/mol. The number of nitrogens with zero attached hydrogens (tertiary/aromatic N) is 2. The van der Waals surface area contributed by atoms with Crippen molar-refractivity contribution in [2.45, 2.75) is 6.54 Å². The summed E-state index contributed by atoms with van der Waals surface area (Å²) < 4.78 is 28.9. The van der Waals surface area contributed by atoms with Gasteiger partial charge in [0.15, 0.2) is 0 Å². The van der Waals surface area contributed by atoms with Crippen molar-refractivity contribution in [2.24, 2.45) is 7.05 Å². The summed E-state index contributed by atoms with van der Waals surface area (Å²) in [6.07, 6.45) is 0. The summed E-state index contributed by atoms with van der Waals surface area (Å²) in [5.41, 5.74) is 2.06. The van der Waals surface area contributed by atoms with Gasteiger partial charge in [-0.05, 0) is 28.1 Å². The molecule has 0 radical (unpaired) electrons. The molecule has 0 saturated heterocycles. The van der Waals surface area contributed by atoms with Gasteiger partial charge in [0.05, 0.1) is 27.9 Å². The van der Waals surface area contributed by atoms with E-state index in [2.05, 4.69) is 26.3 Å². The second-order valence-corrected chi connectivity index (χ2v) is 5.54. The lowest BCUT2D eigenvalue weighted by Crippen LogP contribution is -2.03. The monoisotopic (exact) mass is 351 g/mol. The number of para-hydroxylation sites is 1. The molecule has 1 aromatic heterocycles. The summed E-state index contributed by atoms with van der Waals surface area (Å²) in [7, 11) is 1.86. The van der Waals surface area contributed by atoms with Gasteiger partial charge >= 0.3 is 0 Å². The molecule has 0 bridgehead atoms. The van der Waals surface area contributed by atoms with Gasteiger partial charge in [0, 0.05) is 18.5 Å². The van der Waals surface area contributed by atoms with Gasteiger partial charge in [-0.25, -0.2) is 8.78 Å². The Morgan fingerprint density at radius 3 is 2.76 bits per heavy atom. The molecule has 2 aromatic carbocycles. The van der Waals surface area contributed by atoms with Crippen LogP contribution in [0, 0.1) is 11.6 Å². The molecule has 0 aliphatic heterocycles. The Kier molecular flexibility index (Phi) is 3.63. The highest BCUT2D eigenvalue weighted by Gasteiger charge is 2.11. The lowest BCUT2D eigenvalue weighted by Gasteiger charge is -2.07. The van der Waals surface area contributed by atoms with Crippen molar-refractivity contribution >= 4 is 32.5 Å². The summed E-state index contributed by atoms with van der Waals surface area (Å²) in [6.45, 7) is 0.357. The molecule has 1 N–H and O–H groups in total. The fourth-order valence-corrected chi connectivity index (χ4v) is 2.60. The molecule has 3 rings (SSSR count). The molecule has 0 atom stereocenters. The maximum absolute atomic E-state index is 13.7. The molecule has 3 nitrogen and oxygen atoms in total. The molecule has 0 saturated carbocycles. The van der Waals surface area contributed by atoms with E-state index < -0.39 is 11.6 Å². The van der Waals surface area contributed by atoms with Crippen LogP contribution in [-0.4, -0.2) is 9.78 Å². The van der Waals surface area contributed by atoms with Crippen LogP contribution >= 0.6 is 15.9 Å². The number of nitrogens with one attached hydrogen (secondary N) is 1. The minimum atomic E-state index is -0.629. The molecule has 0 aliphatic carbocycles. The van der Waals surface area contributed by atoms with E-state index in [1.807, 2.05) is 31.3 Å². The molecule has 1 heterocycles. The van der Waals surface area contributed by atoms with Crippen molar-refractivity contribution in [3.05, 3.63) is 58.2 Å².